The van der Waals surface area contributed by atoms with Gasteiger partial charge in [-0.25, -0.2) is 0 Å². The summed E-state index contributed by atoms with van der Waals surface area (Å²) >= 11 is 0. The van der Waals surface area contributed by atoms with Crippen molar-refractivity contribution < 1.29 is 0 Å². The molecule has 30 heavy (non-hydrogen) atoms. The Kier molecular flexibility index (Phi) is 5.03. The fourth-order valence-electron chi connectivity index (χ4n) is 5.90. The minimum absolute atomic E-state index is 1.05. The van der Waals surface area contributed by atoms with Crippen LogP contribution in [0.5, 0.6) is 0 Å². The van der Waals surface area contributed by atoms with Gasteiger partial charge in [0, 0.05) is 6.54 Å². The van der Waals surface area contributed by atoms with E-state index in [2.05, 4.69) is 75.1 Å². The molecule has 0 spiro atoms. The quantitative estimate of drug-likeness (QED) is 0.306. The molecule has 2 aliphatic carbocycles. The Morgan fingerprint density at radius 2 is 1.30 bits per heavy atom. The van der Waals surface area contributed by atoms with E-state index in [9.17, 15) is 0 Å². The van der Waals surface area contributed by atoms with Gasteiger partial charge in [0.15, 0.2) is 0 Å². The molecule has 0 heterocycles. The summed E-state index contributed by atoms with van der Waals surface area (Å²) in [5.41, 5.74) is 17.1. The number of hydrogen-bond acceptors (Lipinski definition) is 1. The summed E-state index contributed by atoms with van der Waals surface area (Å²) in [7, 11) is 0. The molecule has 3 aromatic rings. The van der Waals surface area contributed by atoms with E-state index in [0.29, 0.717) is 0 Å². The minimum Gasteiger partial charge on any atom is -0.300 e. The van der Waals surface area contributed by atoms with Crippen molar-refractivity contribution in [2.75, 3.05) is 13.1 Å². The van der Waals surface area contributed by atoms with Gasteiger partial charge < -0.3 is 0 Å². The Morgan fingerprint density at radius 1 is 0.700 bits per heavy atom. The molecule has 0 amide bonds. The van der Waals surface area contributed by atoms with Gasteiger partial charge in [0.05, 0.1) is 0 Å². The molecule has 0 saturated heterocycles. The van der Waals surface area contributed by atoms with Gasteiger partial charge in [-0.2, -0.15) is 0 Å². The Bertz CT molecular complexity index is 1120. The van der Waals surface area contributed by atoms with Crippen molar-refractivity contribution in [3.8, 4) is 22.3 Å². The average Bonchev–Trinajstić information content (AvgIpc) is 3.34. The second-order valence-electron chi connectivity index (χ2n) is 8.83. The fourth-order valence-corrected chi connectivity index (χ4v) is 5.90. The molecular formula is C29H33N. The van der Waals surface area contributed by atoms with E-state index in [1.165, 1.54) is 27.8 Å². The maximum absolute atomic E-state index is 2.51. The normalized spacial score (nSPS) is 13.4. The van der Waals surface area contributed by atoms with Crippen LogP contribution < -0.4 is 0 Å². The highest BCUT2D eigenvalue weighted by Gasteiger charge is 2.32. The molecule has 1 heteroatoms. The summed E-state index contributed by atoms with van der Waals surface area (Å²) in [6, 6.07) is 16.4. The van der Waals surface area contributed by atoms with Crippen LogP contribution in [0.1, 0.15) is 66.6 Å². The van der Waals surface area contributed by atoms with Gasteiger partial charge in [-0.15, -0.1) is 0 Å². The van der Waals surface area contributed by atoms with Gasteiger partial charge in [-0.05, 0) is 106 Å². The van der Waals surface area contributed by atoms with Crippen molar-refractivity contribution in [2.45, 2.75) is 59.9 Å². The van der Waals surface area contributed by atoms with Gasteiger partial charge in [0.1, 0.15) is 0 Å². The molecule has 0 fully saturated rings. The second-order valence-corrected chi connectivity index (χ2v) is 8.83. The summed E-state index contributed by atoms with van der Waals surface area (Å²) in [5.74, 6) is 0. The molecule has 0 radical (unpaired) electrons. The van der Waals surface area contributed by atoms with E-state index in [-0.39, 0.29) is 0 Å². The zero-order valence-electron chi connectivity index (χ0n) is 18.9. The van der Waals surface area contributed by atoms with Gasteiger partial charge >= 0.3 is 0 Å². The topological polar surface area (TPSA) is 3.24 Å². The molecular weight excluding hydrogens is 362 g/mol. The Labute approximate surface area is 181 Å². The number of benzene rings is 3. The van der Waals surface area contributed by atoms with Crippen LogP contribution >= 0.6 is 0 Å². The molecule has 3 aromatic carbocycles. The van der Waals surface area contributed by atoms with Crippen LogP contribution in [-0.4, -0.2) is 18.0 Å². The third-order valence-corrected chi connectivity index (χ3v) is 7.41. The first kappa shape index (κ1) is 19.6. The van der Waals surface area contributed by atoms with Crippen LogP contribution in [0.25, 0.3) is 22.3 Å². The predicted molar refractivity (Wildman–Crippen MR) is 128 cm³/mol. The summed E-state index contributed by atoms with van der Waals surface area (Å²) in [6.45, 7) is 12.5. The van der Waals surface area contributed by atoms with Gasteiger partial charge in [-0.1, -0.05) is 64.1 Å². The van der Waals surface area contributed by atoms with Crippen LogP contribution in [0.4, 0.5) is 0 Å². The first-order valence-corrected chi connectivity index (χ1v) is 11.8. The molecule has 0 aromatic heterocycles. The Balaban J connectivity index is 1.70. The summed E-state index contributed by atoms with van der Waals surface area (Å²) in [5, 5.41) is 0. The van der Waals surface area contributed by atoms with Gasteiger partial charge in [-0.3, -0.25) is 4.90 Å². The zero-order chi connectivity index (χ0) is 20.8. The van der Waals surface area contributed by atoms with E-state index < -0.39 is 0 Å². The first-order chi connectivity index (χ1) is 14.7. The molecule has 0 saturated carbocycles. The third-order valence-electron chi connectivity index (χ3n) is 7.41. The molecule has 0 atom stereocenters. The van der Waals surface area contributed by atoms with E-state index in [1.54, 1.807) is 33.4 Å². The smallest absolute Gasteiger partial charge is 0.0233 e. The third kappa shape index (κ3) is 2.87. The van der Waals surface area contributed by atoms with Crippen molar-refractivity contribution in [3.05, 3.63) is 81.4 Å². The van der Waals surface area contributed by atoms with E-state index in [1.807, 2.05) is 0 Å². The molecule has 0 bridgehead atoms. The SMILES string of the molecule is CCc1c2c(c(CC)c3c1-c1ccccc1C3)-c1cc(CN(CC)CC)ccc1C2. The van der Waals surface area contributed by atoms with Crippen molar-refractivity contribution in [1.29, 1.82) is 0 Å². The Morgan fingerprint density at radius 3 is 1.93 bits per heavy atom. The molecule has 5 rings (SSSR count). The molecule has 154 valence electrons. The molecule has 1 nitrogen and oxygen atoms in total. The molecule has 0 N–H and O–H groups in total. The van der Waals surface area contributed by atoms with Crippen molar-refractivity contribution in [2.24, 2.45) is 0 Å². The van der Waals surface area contributed by atoms with E-state index in [4.69, 9.17) is 0 Å². The lowest BCUT2D eigenvalue weighted by Crippen LogP contribution is -2.22. The van der Waals surface area contributed by atoms with Crippen LogP contribution in [0.15, 0.2) is 42.5 Å². The maximum atomic E-state index is 2.51. The lowest BCUT2D eigenvalue weighted by atomic mass is 9.84. The largest absolute Gasteiger partial charge is 0.300 e. The molecule has 0 aliphatic heterocycles. The average molecular weight is 396 g/mol. The lowest BCUT2D eigenvalue weighted by molar-refractivity contribution is 0.296. The highest BCUT2D eigenvalue weighted by molar-refractivity contribution is 5.91. The van der Waals surface area contributed by atoms with Crippen molar-refractivity contribution in [3.63, 3.8) is 0 Å². The summed E-state index contributed by atoms with van der Waals surface area (Å²) in [6.07, 6.45) is 4.43. The van der Waals surface area contributed by atoms with Crippen LogP contribution in [0, 0.1) is 0 Å². The first-order valence-electron chi connectivity index (χ1n) is 11.8. The van der Waals surface area contributed by atoms with Gasteiger partial charge in [0.25, 0.3) is 0 Å². The molecule has 0 unspecified atom stereocenters. The van der Waals surface area contributed by atoms with Gasteiger partial charge in [0.2, 0.25) is 0 Å². The van der Waals surface area contributed by atoms with E-state index >= 15 is 0 Å². The standard InChI is InChI=1S/C29H33N/c1-5-22-27-17-21-14-13-19(18-30(7-3)8-4)15-25(21)29(27)23(6-2)26-16-20-11-9-10-12-24(20)28(22)26/h9-15H,5-8,16-18H2,1-4H3. The second kappa shape index (κ2) is 7.71. The summed E-state index contributed by atoms with van der Waals surface area (Å²) in [4.78, 5) is 2.51. The summed E-state index contributed by atoms with van der Waals surface area (Å²) < 4.78 is 0. The lowest BCUT2D eigenvalue weighted by Gasteiger charge is -2.20. The number of rotatable bonds is 6. The van der Waals surface area contributed by atoms with Crippen molar-refractivity contribution in [1.82, 2.24) is 4.90 Å². The fraction of sp³-hybridized carbons (Fsp3) is 0.379. The van der Waals surface area contributed by atoms with E-state index in [0.717, 1.165) is 45.3 Å². The number of nitrogens with zero attached hydrogens (tertiary/aromatic N) is 1. The Hall–Kier alpha value is -2.38. The maximum Gasteiger partial charge on any atom is 0.0233 e. The highest BCUT2D eigenvalue weighted by atomic mass is 15.1. The van der Waals surface area contributed by atoms with Crippen LogP contribution in [0.3, 0.4) is 0 Å². The molecule has 2 aliphatic rings. The zero-order valence-corrected chi connectivity index (χ0v) is 18.9. The van der Waals surface area contributed by atoms with Crippen LogP contribution in [0.2, 0.25) is 0 Å². The minimum atomic E-state index is 1.05. The highest BCUT2D eigenvalue weighted by Crippen LogP contribution is 2.50. The number of fused-ring (bicyclic) bond motifs is 6. The predicted octanol–water partition coefficient (Wildman–Crippen LogP) is 6.80. The number of hydrogen-bond donors (Lipinski definition) is 0. The van der Waals surface area contributed by atoms with Crippen molar-refractivity contribution >= 4 is 0 Å². The monoisotopic (exact) mass is 395 g/mol. The van der Waals surface area contributed by atoms with Crippen LogP contribution in [-0.2, 0) is 32.2 Å².